The van der Waals surface area contributed by atoms with Gasteiger partial charge in [0, 0.05) is 40.1 Å². The molecule has 0 saturated carbocycles. The zero-order chi connectivity index (χ0) is 36.7. The second-order valence-electron chi connectivity index (χ2n) is 15.2. The Bertz CT molecular complexity index is 3090. The summed E-state index contributed by atoms with van der Waals surface area (Å²) in [6.45, 7) is 4.67. The molecule has 0 fully saturated rings. The molecule has 1 aliphatic rings. The molecule has 0 saturated heterocycles. The third-order valence-electron chi connectivity index (χ3n) is 11.8. The molecule has 2 aromatic heterocycles. The van der Waals surface area contributed by atoms with Crippen LogP contribution in [0.2, 0.25) is 0 Å². The van der Waals surface area contributed by atoms with Crippen LogP contribution in [-0.2, 0) is 5.41 Å². The molecule has 0 unspecified atom stereocenters. The Labute approximate surface area is 320 Å². The summed E-state index contributed by atoms with van der Waals surface area (Å²) in [5.74, 6) is 0.691. The van der Waals surface area contributed by atoms with Crippen LogP contribution in [-0.4, -0.2) is 15.0 Å². The molecule has 11 rings (SSSR count). The standard InChI is InChI=1S/C52H35N3/c1-52(2)45-15-6-5-13-40(45)41-25-24-37(29-46(41)52)32-16-20-36(21-17-32)51-54-47(42-14-4-3-12-39(42)38-11-8-28-53-31-38)30-48(55-51)43-26-22-35-19-18-33-9-7-10-34-23-27-44(43)50(35)49(33)34/h3-31H,1-2H3. The van der Waals surface area contributed by atoms with Crippen molar-refractivity contribution in [2.45, 2.75) is 19.3 Å². The molecule has 258 valence electrons. The van der Waals surface area contributed by atoms with Gasteiger partial charge in [0.25, 0.3) is 0 Å². The zero-order valence-corrected chi connectivity index (χ0v) is 30.6. The van der Waals surface area contributed by atoms with Crippen molar-refractivity contribution in [3.63, 3.8) is 0 Å². The van der Waals surface area contributed by atoms with Crippen molar-refractivity contribution in [3.05, 3.63) is 187 Å². The minimum absolute atomic E-state index is 0.0518. The molecule has 55 heavy (non-hydrogen) atoms. The van der Waals surface area contributed by atoms with Gasteiger partial charge in [0.05, 0.1) is 11.4 Å². The van der Waals surface area contributed by atoms with E-state index in [2.05, 4.69) is 177 Å². The van der Waals surface area contributed by atoms with Gasteiger partial charge in [-0.25, -0.2) is 9.97 Å². The SMILES string of the molecule is CC1(C)c2ccccc2-c2ccc(-c3ccc(-c4nc(-c5ccccc5-c5cccnc5)cc(-c5ccc6ccc7cccc8ccc5c6c78)n4)cc3)cc21. The quantitative estimate of drug-likeness (QED) is 0.168. The van der Waals surface area contributed by atoms with Gasteiger partial charge in [-0.1, -0.05) is 159 Å². The maximum absolute atomic E-state index is 5.35. The Balaban J connectivity index is 1.07. The Morgan fingerprint density at radius 2 is 1.02 bits per heavy atom. The molecule has 1 aliphatic carbocycles. The normalized spacial score (nSPS) is 13.1. The fourth-order valence-corrected chi connectivity index (χ4v) is 8.99. The summed E-state index contributed by atoms with van der Waals surface area (Å²) in [6, 6.07) is 59.2. The van der Waals surface area contributed by atoms with Crippen LogP contribution in [0.4, 0.5) is 0 Å². The van der Waals surface area contributed by atoms with E-state index in [1.54, 1.807) is 0 Å². The molecule has 3 heteroatoms. The Kier molecular flexibility index (Phi) is 6.90. The Morgan fingerprint density at radius 3 is 1.80 bits per heavy atom. The maximum atomic E-state index is 5.35. The average molecular weight is 702 g/mol. The second-order valence-corrected chi connectivity index (χ2v) is 15.2. The first-order chi connectivity index (χ1) is 27.0. The lowest BCUT2D eigenvalue weighted by Gasteiger charge is -2.22. The van der Waals surface area contributed by atoms with Crippen LogP contribution in [0.25, 0.3) is 99.6 Å². The molecule has 10 aromatic rings. The van der Waals surface area contributed by atoms with Crippen molar-refractivity contribution in [2.24, 2.45) is 0 Å². The fraction of sp³-hybridized carbons (Fsp3) is 0.0577. The molecule has 2 heterocycles. The molecular weight excluding hydrogens is 667 g/mol. The summed E-state index contributed by atoms with van der Waals surface area (Å²) < 4.78 is 0. The van der Waals surface area contributed by atoms with Gasteiger partial charge < -0.3 is 0 Å². The number of hydrogen-bond donors (Lipinski definition) is 0. The van der Waals surface area contributed by atoms with E-state index >= 15 is 0 Å². The first kappa shape index (κ1) is 31.5. The lowest BCUT2D eigenvalue weighted by molar-refractivity contribution is 0.660. The van der Waals surface area contributed by atoms with E-state index in [1.807, 2.05) is 18.5 Å². The van der Waals surface area contributed by atoms with Crippen molar-refractivity contribution in [2.75, 3.05) is 0 Å². The van der Waals surface area contributed by atoms with Crippen molar-refractivity contribution in [1.29, 1.82) is 0 Å². The van der Waals surface area contributed by atoms with Crippen LogP contribution in [0.15, 0.2) is 176 Å². The number of nitrogens with zero attached hydrogens (tertiary/aromatic N) is 3. The lowest BCUT2D eigenvalue weighted by atomic mass is 9.81. The molecule has 3 nitrogen and oxygen atoms in total. The maximum Gasteiger partial charge on any atom is 0.160 e. The monoisotopic (exact) mass is 701 g/mol. The highest BCUT2D eigenvalue weighted by Crippen LogP contribution is 2.49. The summed E-state index contributed by atoms with van der Waals surface area (Å²) in [4.78, 5) is 15.1. The van der Waals surface area contributed by atoms with E-state index < -0.39 is 0 Å². The minimum atomic E-state index is -0.0518. The van der Waals surface area contributed by atoms with Crippen LogP contribution in [0.1, 0.15) is 25.0 Å². The predicted octanol–water partition coefficient (Wildman–Crippen LogP) is 13.4. The van der Waals surface area contributed by atoms with Crippen LogP contribution in [0.5, 0.6) is 0 Å². The van der Waals surface area contributed by atoms with Crippen molar-refractivity contribution in [1.82, 2.24) is 15.0 Å². The van der Waals surface area contributed by atoms with E-state index in [9.17, 15) is 0 Å². The third kappa shape index (κ3) is 4.93. The summed E-state index contributed by atoms with van der Waals surface area (Å²) in [6.07, 6.45) is 3.73. The van der Waals surface area contributed by atoms with Crippen molar-refractivity contribution in [3.8, 4) is 67.3 Å². The zero-order valence-electron chi connectivity index (χ0n) is 30.6. The molecule has 0 radical (unpaired) electrons. The van der Waals surface area contributed by atoms with E-state index in [4.69, 9.17) is 9.97 Å². The molecule has 0 spiro atoms. The number of benzene rings is 8. The average Bonchev–Trinajstić information content (AvgIpc) is 3.48. The van der Waals surface area contributed by atoms with E-state index in [0.29, 0.717) is 5.82 Å². The number of rotatable bonds is 5. The summed E-state index contributed by atoms with van der Waals surface area (Å²) in [5.41, 5.74) is 14.7. The van der Waals surface area contributed by atoms with E-state index in [-0.39, 0.29) is 5.41 Å². The van der Waals surface area contributed by atoms with Gasteiger partial charge in [-0.3, -0.25) is 4.98 Å². The third-order valence-corrected chi connectivity index (χ3v) is 11.8. The van der Waals surface area contributed by atoms with Gasteiger partial charge in [-0.2, -0.15) is 0 Å². The van der Waals surface area contributed by atoms with Crippen LogP contribution >= 0.6 is 0 Å². The van der Waals surface area contributed by atoms with E-state index in [0.717, 1.165) is 39.2 Å². The molecule has 0 atom stereocenters. The first-order valence-corrected chi connectivity index (χ1v) is 18.9. The van der Waals surface area contributed by atoms with Gasteiger partial charge in [0.15, 0.2) is 5.82 Å². The highest BCUT2D eigenvalue weighted by Gasteiger charge is 2.35. The van der Waals surface area contributed by atoms with Gasteiger partial charge in [-0.05, 0) is 89.5 Å². The smallest absolute Gasteiger partial charge is 0.160 e. The van der Waals surface area contributed by atoms with Crippen molar-refractivity contribution < 1.29 is 0 Å². The largest absolute Gasteiger partial charge is 0.264 e. The number of pyridine rings is 1. The predicted molar refractivity (Wildman–Crippen MR) is 228 cm³/mol. The first-order valence-electron chi connectivity index (χ1n) is 18.9. The number of aromatic nitrogens is 3. The minimum Gasteiger partial charge on any atom is -0.264 e. The van der Waals surface area contributed by atoms with Crippen LogP contribution in [0.3, 0.4) is 0 Å². The molecule has 0 N–H and O–H groups in total. The molecular formula is C52H35N3. The number of fused-ring (bicyclic) bond motifs is 3. The fourth-order valence-electron chi connectivity index (χ4n) is 8.99. The van der Waals surface area contributed by atoms with Gasteiger partial charge >= 0.3 is 0 Å². The molecule has 0 aliphatic heterocycles. The Hall–Kier alpha value is -6.97. The van der Waals surface area contributed by atoms with Gasteiger partial charge in [0.1, 0.15) is 0 Å². The molecule has 0 amide bonds. The highest BCUT2D eigenvalue weighted by molar-refractivity contribution is 6.25. The lowest BCUT2D eigenvalue weighted by Crippen LogP contribution is -2.14. The molecule has 0 bridgehead atoms. The summed E-state index contributed by atoms with van der Waals surface area (Å²) in [5, 5.41) is 7.49. The van der Waals surface area contributed by atoms with Crippen LogP contribution < -0.4 is 0 Å². The molecule has 8 aromatic carbocycles. The van der Waals surface area contributed by atoms with Gasteiger partial charge in [-0.15, -0.1) is 0 Å². The van der Waals surface area contributed by atoms with Crippen molar-refractivity contribution >= 4 is 32.3 Å². The number of hydrogen-bond acceptors (Lipinski definition) is 3. The summed E-state index contributed by atoms with van der Waals surface area (Å²) >= 11 is 0. The summed E-state index contributed by atoms with van der Waals surface area (Å²) in [7, 11) is 0. The topological polar surface area (TPSA) is 38.7 Å². The second kappa shape index (κ2) is 12.0. The van der Waals surface area contributed by atoms with E-state index in [1.165, 1.54) is 65.7 Å². The van der Waals surface area contributed by atoms with Gasteiger partial charge in [0.2, 0.25) is 0 Å². The highest BCUT2D eigenvalue weighted by atomic mass is 14.9. The Morgan fingerprint density at radius 1 is 0.400 bits per heavy atom. The van der Waals surface area contributed by atoms with Crippen LogP contribution in [0, 0.1) is 0 Å².